The third-order valence-electron chi connectivity index (χ3n) is 4.67. The molecule has 1 aromatic carbocycles. The number of anilines is 1. The maximum atomic E-state index is 12.7. The normalized spacial score (nSPS) is 16.9. The van der Waals surface area contributed by atoms with Crippen LogP contribution in [0.25, 0.3) is 0 Å². The van der Waals surface area contributed by atoms with Crippen molar-refractivity contribution in [2.24, 2.45) is 15.7 Å². The molecule has 0 spiro atoms. The van der Waals surface area contributed by atoms with Crippen molar-refractivity contribution < 1.29 is 14.6 Å². The van der Waals surface area contributed by atoms with Gasteiger partial charge in [0.05, 0.1) is 17.9 Å². The van der Waals surface area contributed by atoms with Crippen LogP contribution in [0.1, 0.15) is 24.8 Å². The third-order valence-corrected chi connectivity index (χ3v) is 4.67. The van der Waals surface area contributed by atoms with E-state index in [4.69, 9.17) is 16.2 Å². The lowest BCUT2D eigenvalue weighted by Gasteiger charge is -2.41. The second-order valence-corrected chi connectivity index (χ2v) is 6.43. The van der Waals surface area contributed by atoms with Gasteiger partial charge in [-0.25, -0.2) is 0 Å². The number of carbonyl (C=O) groups is 1. The molecule has 27 heavy (non-hydrogen) atoms. The van der Waals surface area contributed by atoms with Crippen LogP contribution in [0.5, 0.6) is 5.75 Å². The first-order valence-electron chi connectivity index (χ1n) is 8.75. The van der Waals surface area contributed by atoms with E-state index in [2.05, 4.69) is 15.3 Å². The van der Waals surface area contributed by atoms with E-state index >= 15 is 0 Å². The molecular formula is C19H27N5O3. The minimum absolute atomic E-state index is 0.0951. The summed E-state index contributed by atoms with van der Waals surface area (Å²) in [6, 6.07) is 5.05. The fraction of sp³-hybridized carbons (Fsp3) is 0.421. The lowest BCUT2D eigenvalue weighted by atomic mass is 9.77. The fourth-order valence-electron chi connectivity index (χ4n) is 2.86. The molecule has 0 heterocycles. The van der Waals surface area contributed by atoms with E-state index in [-0.39, 0.29) is 24.8 Å². The number of benzene rings is 1. The number of nitrogen functional groups attached to an aromatic ring is 1. The minimum Gasteiger partial charge on any atom is -0.487 e. The molecule has 0 radical (unpaired) electrons. The number of nitrogens with one attached hydrogen (secondary N) is 1. The summed E-state index contributed by atoms with van der Waals surface area (Å²) in [5, 5.41) is 12.5. The zero-order chi connectivity index (χ0) is 19.9. The molecule has 8 nitrogen and oxygen atoms in total. The van der Waals surface area contributed by atoms with E-state index in [1.165, 1.54) is 13.2 Å². The molecule has 146 valence electrons. The summed E-state index contributed by atoms with van der Waals surface area (Å²) in [4.78, 5) is 20.9. The van der Waals surface area contributed by atoms with E-state index in [0.29, 0.717) is 22.7 Å². The van der Waals surface area contributed by atoms with E-state index in [1.54, 1.807) is 31.3 Å². The molecule has 0 unspecified atom stereocenters. The summed E-state index contributed by atoms with van der Waals surface area (Å²) < 4.78 is 5.72. The van der Waals surface area contributed by atoms with Crippen LogP contribution >= 0.6 is 0 Å². The molecule has 8 heteroatoms. The Balaban J connectivity index is 2.18. The lowest BCUT2D eigenvalue weighted by Crippen LogP contribution is -2.57. The zero-order valence-electron chi connectivity index (χ0n) is 15.7. The Morgan fingerprint density at radius 3 is 2.63 bits per heavy atom. The number of carbonyl (C=O) groups excluding carboxylic acids is 1. The summed E-state index contributed by atoms with van der Waals surface area (Å²) in [7, 11) is 3.18. The van der Waals surface area contributed by atoms with Crippen molar-refractivity contribution in [3.8, 4) is 5.75 Å². The van der Waals surface area contributed by atoms with E-state index in [0.717, 1.165) is 19.3 Å². The number of nitrogens with zero attached hydrogens (tertiary/aromatic N) is 2. The fourth-order valence-corrected chi connectivity index (χ4v) is 2.86. The van der Waals surface area contributed by atoms with Crippen molar-refractivity contribution in [3.63, 3.8) is 0 Å². The Labute approximate surface area is 159 Å². The van der Waals surface area contributed by atoms with Crippen LogP contribution in [0.2, 0.25) is 0 Å². The van der Waals surface area contributed by atoms with Crippen molar-refractivity contribution in [1.82, 2.24) is 5.32 Å². The predicted octanol–water partition coefficient (Wildman–Crippen LogP) is 0.641. The van der Waals surface area contributed by atoms with Gasteiger partial charge in [-0.2, -0.15) is 0 Å². The number of rotatable bonds is 8. The van der Waals surface area contributed by atoms with Gasteiger partial charge in [0.2, 0.25) is 0 Å². The van der Waals surface area contributed by atoms with Crippen LogP contribution in [-0.2, 0) is 4.79 Å². The van der Waals surface area contributed by atoms with Crippen molar-refractivity contribution in [2.75, 3.05) is 33.0 Å². The first-order chi connectivity index (χ1) is 13.0. The first-order valence-corrected chi connectivity index (χ1v) is 8.75. The number of aliphatic hydroxyl groups excluding tert-OH is 1. The lowest BCUT2D eigenvalue weighted by molar-refractivity contribution is -0.118. The van der Waals surface area contributed by atoms with Gasteiger partial charge in [0.25, 0.3) is 5.91 Å². The quantitative estimate of drug-likeness (QED) is 0.392. The first kappa shape index (κ1) is 20.4. The monoisotopic (exact) mass is 373 g/mol. The summed E-state index contributed by atoms with van der Waals surface area (Å²) in [5.74, 6) is 0.164. The van der Waals surface area contributed by atoms with Crippen molar-refractivity contribution in [3.05, 3.63) is 36.0 Å². The van der Waals surface area contributed by atoms with E-state index in [1.807, 2.05) is 0 Å². The zero-order valence-corrected chi connectivity index (χ0v) is 15.7. The Kier molecular flexibility index (Phi) is 6.95. The molecule has 1 aromatic rings. The maximum absolute atomic E-state index is 12.7. The summed E-state index contributed by atoms with van der Waals surface area (Å²) in [6.07, 6.45) is 5.52. The highest BCUT2D eigenvalue weighted by atomic mass is 16.5. The molecule has 1 fully saturated rings. The van der Waals surface area contributed by atoms with E-state index < -0.39 is 5.54 Å². The number of aliphatic hydroxyl groups is 1. The molecule has 0 saturated heterocycles. The van der Waals surface area contributed by atoms with Gasteiger partial charge in [-0.1, -0.05) is 0 Å². The van der Waals surface area contributed by atoms with Gasteiger partial charge in [0, 0.05) is 25.3 Å². The summed E-state index contributed by atoms with van der Waals surface area (Å²) in [6.45, 7) is 0.133. The van der Waals surface area contributed by atoms with Gasteiger partial charge >= 0.3 is 0 Å². The molecule has 1 amide bonds. The van der Waals surface area contributed by atoms with Crippen molar-refractivity contribution in [2.45, 2.75) is 24.8 Å². The minimum atomic E-state index is -0.559. The van der Waals surface area contributed by atoms with Gasteiger partial charge in [0.15, 0.2) is 0 Å². The maximum Gasteiger partial charge on any atom is 0.270 e. The average molecular weight is 373 g/mol. The third kappa shape index (κ3) is 4.85. The Morgan fingerprint density at radius 2 is 2.11 bits per heavy atom. The molecule has 1 aliphatic carbocycles. The van der Waals surface area contributed by atoms with Crippen LogP contribution in [-0.4, -0.2) is 55.3 Å². The molecular weight excluding hydrogens is 346 g/mol. The number of amides is 1. The standard InChI is InChI=1S/C19H27N5O3/c1-22-13(6-9-20)11-27-14-4-5-16(21)15(10-14)17(23-2)18(26)24-19(12-25)7-3-8-19/h4-6,9-10,25H,3,7-8,11-12,20-21H2,1-2H3,(H,24,26)/b9-6-,22-13?,23-17?. The number of nitrogens with two attached hydrogens (primary N) is 2. The highest BCUT2D eigenvalue weighted by molar-refractivity contribution is 6.46. The second-order valence-electron chi connectivity index (χ2n) is 6.43. The molecule has 0 aromatic heterocycles. The number of ether oxygens (including phenoxy) is 1. The van der Waals surface area contributed by atoms with Crippen molar-refractivity contribution >= 4 is 23.0 Å². The topological polar surface area (TPSA) is 135 Å². The van der Waals surface area contributed by atoms with Gasteiger partial charge in [0.1, 0.15) is 18.1 Å². The smallest absolute Gasteiger partial charge is 0.270 e. The van der Waals surface area contributed by atoms with Gasteiger partial charge in [-0.05, 0) is 49.7 Å². The van der Waals surface area contributed by atoms with Gasteiger partial charge < -0.3 is 26.6 Å². The molecule has 2 rings (SSSR count). The van der Waals surface area contributed by atoms with Gasteiger partial charge in [-0.15, -0.1) is 0 Å². The van der Waals surface area contributed by atoms with Crippen LogP contribution in [0.3, 0.4) is 0 Å². The molecule has 0 bridgehead atoms. The second kappa shape index (κ2) is 9.18. The molecule has 1 saturated carbocycles. The largest absolute Gasteiger partial charge is 0.487 e. The summed E-state index contributed by atoms with van der Waals surface area (Å²) in [5.41, 5.74) is 12.6. The number of hydrogen-bond donors (Lipinski definition) is 4. The average Bonchev–Trinajstić information content (AvgIpc) is 2.64. The van der Waals surface area contributed by atoms with Gasteiger partial charge in [-0.3, -0.25) is 14.8 Å². The Hall–Kier alpha value is -2.87. The molecule has 6 N–H and O–H groups in total. The highest BCUT2D eigenvalue weighted by Crippen LogP contribution is 2.31. The highest BCUT2D eigenvalue weighted by Gasteiger charge is 2.38. The molecule has 0 aliphatic heterocycles. The van der Waals surface area contributed by atoms with Crippen molar-refractivity contribution in [1.29, 1.82) is 0 Å². The Bertz CT molecular complexity index is 761. The van der Waals surface area contributed by atoms with Crippen LogP contribution < -0.4 is 21.5 Å². The SMILES string of the molecule is CN=C(/C=C\N)COc1ccc(N)c(C(=NC)C(=O)NC2(CO)CCC2)c1. The molecule has 0 atom stereocenters. The Morgan fingerprint density at radius 1 is 1.37 bits per heavy atom. The van der Waals surface area contributed by atoms with E-state index in [9.17, 15) is 9.90 Å². The van der Waals surface area contributed by atoms with Crippen LogP contribution in [0.4, 0.5) is 5.69 Å². The number of hydrogen-bond acceptors (Lipinski definition) is 7. The predicted molar refractivity (Wildman–Crippen MR) is 107 cm³/mol. The van der Waals surface area contributed by atoms with Crippen LogP contribution in [0, 0.1) is 0 Å². The molecule has 1 aliphatic rings. The summed E-state index contributed by atoms with van der Waals surface area (Å²) >= 11 is 0. The number of aliphatic imine (C=N–C) groups is 2. The van der Waals surface area contributed by atoms with Crippen LogP contribution in [0.15, 0.2) is 40.5 Å².